The Morgan fingerprint density at radius 1 is 1.35 bits per heavy atom. The number of carbonyl (C=O) groups is 1. The molecule has 0 saturated heterocycles. The summed E-state index contributed by atoms with van der Waals surface area (Å²) >= 11 is 0. The van der Waals surface area contributed by atoms with Gasteiger partial charge in [0.2, 0.25) is 0 Å². The van der Waals surface area contributed by atoms with Crippen LogP contribution in [0.15, 0.2) is 12.2 Å². The number of esters is 1. The third-order valence-electron chi connectivity index (χ3n) is 3.60. The van der Waals surface area contributed by atoms with E-state index in [1.54, 1.807) is 0 Å². The molecule has 0 N–H and O–H groups in total. The van der Waals surface area contributed by atoms with Gasteiger partial charge in [-0.1, -0.05) is 18.6 Å². The van der Waals surface area contributed by atoms with E-state index in [0.717, 1.165) is 19.3 Å². The first-order valence-electron chi connectivity index (χ1n) is 5.87. The van der Waals surface area contributed by atoms with Crippen LogP contribution in [0.1, 0.15) is 25.7 Å². The van der Waals surface area contributed by atoms with Gasteiger partial charge in [0.1, 0.15) is 0 Å². The zero-order chi connectivity index (χ0) is 12.5. The fourth-order valence-corrected chi connectivity index (χ4v) is 2.86. The average molecular weight is 248 g/mol. The highest BCUT2D eigenvalue weighted by atomic mass is 19.4. The molecule has 2 aliphatic rings. The monoisotopic (exact) mass is 248 g/mol. The van der Waals surface area contributed by atoms with E-state index >= 15 is 0 Å². The number of halogens is 3. The second-order valence-electron chi connectivity index (χ2n) is 4.75. The van der Waals surface area contributed by atoms with Gasteiger partial charge >= 0.3 is 12.1 Å². The van der Waals surface area contributed by atoms with E-state index in [4.69, 9.17) is 0 Å². The molecule has 2 nitrogen and oxygen atoms in total. The van der Waals surface area contributed by atoms with Crippen molar-refractivity contribution in [3.05, 3.63) is 12.2 Å². The van der Waals surface area contributed by atoms with Crippen molar-refractivity contribution >= 4 is 5.97 Å². The highest BCUT2D eigenvalue weighted by molar-refractivity contribution is 5.73. The van der Waals surface area contributed by atoms with Crippen LogP contribution in [0.2, 0.25) is 0 Å². The molecule has 0 bridgehead atoms. The van der Waals surface area contributed by atoms with E-state index in [2.05, 4.69) is 10.8 Å². The topological polar surface area (TPSA) is 26.3 Å². The van der Waals surface area contributed by atoms with Crippen LogP contribution in [-0.2, 0) is 9.53 Å². The number of hydrogen-bond acceptors (Lipinski definition) is 2. The Hall–Kier alpha value is -1.00. The molecular formula is C12H15F3O2. The Balaban J connectivity index is 1.93. The third-order valence-corrected chi connectivity index (χ3v) is 3.60. The minimum absolute atomic E-state index is 0.181. The van der Waals surface area contributed by atoms with Gasteiger partial charge in [0.15, 0.2) is 6.61 Å². The van der Waals surface area contributed by atoms with Gasteiger partial charge < -0.3 is 4.74 Å². The molecule has 1 saturated carbocycles. The molecule has 2 rings (SSSR count). The standard InChI is InChI=1S/C12H15F3O2/c13-12(14,15)7-17-11(16)10-6-2-4-8-3-1-5-9(8)10/h2,4,8-10H,1,3,5-7H2/t8-,9+,10+/m1/s1. The predicted molar refractivity (Wildman–Crippen MR) is 55.1 cm³/mol. The smallest absolute Gasteiger partial charge is 0.422 e. The summed E-state index contributed by atoms with van der Waals surface area (Å²) in [5, 5.41) is 0. The molecule has 3 atom stereocenters. The van der Waals surface area contributed by atoms with Crippen LogP contribution in [0.4, 0.5) is 13.2 Å². The lowest BCUT2D eigenvalue weighted by atomic mass is 9.78. The molecule has 0 heterocycles. The maximum atomic E-state index is 12.0. The van der Waals surface area contributed by atoms with Gasteiger partial charge in [-0.05, 0) is 31.1 Å². The summed E-state index contributed by atoms with van der Waals surface area (Å²) in [5.74, 6) is -0.536. The normalized spacial score (nSPS) is 32.3. The summed E-state index contributed by atoms with van der Waals surface area (Å²) in [4.78, 5) is 11.6. The van der Waals surface area contributed by atoms with Crippen LogP contribution in [0, 0.1) is 17.8 Å². The Bertz CT molecular complexity index is 322. The van der Waals surface area contributed by atoms with E-state index in [9.17, 15) is 18.0 Å². The van der Waals surface area contributed by atoms with E-state index in [1.165, 1.54) is 0 Å². The Kier molecular flexibility index (Phi) is 3.45. The van der Waals surface area contributed by atoms with Crippen LogP contribution in [0.25, 0.3) is 0 Å². The third kappa shape index (κ3) is 3.01. The lowest BCUT2D eigenvalue weighted by molar-refractivity contribution is -0.190. The van der Waals surface area contributed by atoms with Crippen molar-refractivity contribution in [2.75, 3.05) is 6.61 Å². The summed E-state index contributed by atoms with van der Waals surface area (Å²) in [6, 6.07) is 0. The van der Waals surface area contributed by atoms with Crippen LogP contribution < -0.4 is 0 Å². The highest BCUT2D eigenvalue weighted by Gasteiger charge is 2.40. The zero-order valence-corrected chi connectivity index (χ0v) is 9.37. The van der Waals surface area contributed by atoms with E-state index in [-0.39, 0.29) is 11.8 Å². The van der Waals surface area contributed by atoms with Gasteiger partial charge in [-0.15, -0.1) is 0 Å². The van der Waals surface area contributed by atoms with Crippen molar-refractivity contribution in [1.29, 1.82) is 0 Å². The molecule has 0 amide bonds. The molecule has 0 radical (unpaired) electrons. The maximum Gasteiger partial charge on any atom is 0.422 e. The van der Waals surface area contributed by atoms with Crippen molar-refractivity contribution in [2.24, 2.45) is 17.8 Å². The number of alkyl halides is 3. The zero-order valence-electron chi connectivity index (χ0n) is 9.37. The van der Waals surface area contributed by atoms with E-state index in [1.807, 2.05) is 6.08 Å². The molecule has 17 heavy (non-hydrogen) atoms. The lowest BCUT2D eigenvalue weighted by Gasteiger charge is -2.28. The summed E-state index contributed by atoms with van der Waals surface area (Å²) in [6.45, 7) is -1.47. The number of carbonyl (C=O) groups excluding carboxylic acids is 1. The first kappa shape index (κ1) is 12.5. The fraction of sp³-hybridized carbons (Fsp3) is 0.750. The fourth-order valence-electron chi connectivity index (χ4n) is 2.86. The van der Waals surface area contributed by atoms with Crippen molar-refractivity contribution < 1.29 is 22.7 Å². The number of hydrogen-bond donors (Lipinski definition) is 0. The molecule has 0 spiro atoms. The van der Waals surface area contributed by atoms with Crippen LogP contribution >= 0.6 is 0 Å². The summed E-state index contributed by atoms with van der Waals surface area (Å²) in [6.07, 6.45) is 3.05. The molecule has 0 aromatic heterocycles. The Labute approximate surface area is 97.8 Å². The van der Waals surface area contributed by atoms with Gasteiger partial charge in [-0.2, -0.15) is 13.2 Å². The first-order chi connectivity index (χ1) is 7.97. The highest BCUT2D eigenvalue weighted by Crippen LogP contribution is 2.42. The molecule has 1 fully saturated rings. The molecule has 0 unspecified atom stereocenters. The first-order valence-corrected chi connectivity index (χ1v) is 5.87. The Morgan fingerprint density at radius 2 is 2.12 bits per heavy atom. The number of allylic oxidation sites excluding steroid dienone is 2. The van der Waals surface area contributed by atoms with Gasteiger partial charge in [0, 0.05) is 0 Å². The number of fused-ring (bicyclic) bond motifs is 1. The van der Waals surface area contributed by atoms with Crippen molar-refractivity contribution in [2.45, 2.75) is 31.9 Å². The second kappa shape index (κ2) is 4.70. The molecular weight excluding hydrogens is 233 g/mol. The molecule has 0 aliphatic heterocycles. The molecule has 96 valence electrons. The summed E-state index contributed by atoms with van der Waals surface area (Å²) < 4.78 is 40.2. The van der Waals surface area contributed by atoms with Gasteiger partial charge in [0.25, 0.3) is 0 Å². The van der Waals surface area contributed by atoms with Crippen molar-refractivity contribution in [3.8, 4) is 0 Å². The number of ether oxygens (including phenoxy) is 1. The molecule has 2 aliphatic carbocycles. The van der Waals surface area contributed by atoms with Crippen molar-refractivity contribution in [3.63, 3.8) is 0 Å². The molecule has 0 aromatic carbocycles. The summed E-state index contributed by atoms with van der Waals surface area (Å²) in [7, 11) is 0. The average Bonchev–Trinajstić information content (AvgIpc) is 2.72. The Morgan fingerprint density at radius 3 is 2.82 bits per heavy atom. The van der Waals surface area contributed by atoms with E-state index < -0.39 is 18.8 Å². The van der Waals surface area contributed by atoms with Gasteiger partial charge in [-0.25, -0.2) is 0 Å². The minimum Gasteiger partial charge on any atom is -0.456 e. The number of rotatable bonds is 2. The SMILES string of the molecule is O=C(OCC(F)(F)F)[C@H]1CC=C[C@H]2CCC[C@H]12. The largest absolute Gasteiger partial charge is 0.456 e. The van der Waals surface area contributed by atoms with Gasteiger partial charge in [0.05, 0.1) is 5.92 Å². The van der Waals surface area contributed by atoms with Crippen molar-refractivity contribution in [1.82, 2.24) is 0 Å². The minimum atomic E-state index is -4.44. The summed E-state index contributed by atoms with van der Waals surface area (Å²) in [5.41, 5.74) is 0. The maximum absolute atomic E-state index is 12.0. The second-order valence-corrected chi connectivity index (χ2v) is 4.75. The van der Waals surface area contributed by atoms with Crippen LogP contribution in [-0.4, -0.2) is 18.8 Å². The molecule has 5 heteroatoms. The van der Waals surface area contributed by atoms with Crippen LogP contribution in [0.3, 0.4) is 0 Å². The molecule has 0 aromatic rings. The quantitative estimate of drug-likeness (QED) is 0.554. The van der Waals surface area contributed by atoms with Crippen LogP contribution in [0.5, 0.6) is 0 Å². The lowest BCUT2D eigenvalue weighted by Crippen LogP contribution is -2.32. The predicted octanol–water partition coefficient (Wildman–Crippen LogP) is 3.08. The van der Waals surface area contributed by atoms with E-state index in [0.29, 0.717) is 12.3 Å². The van der Waals surface area contributed by atoms with Gasteiger partial charge in [-0.3, -0.25) is 4.79 Å².